The number of amides is 1. The maximum absolute atomic E-state index is 12.8. The molecular weight excluding hydrogens is 352 g/mol. The highest BCUT2D eigenvalue weighted by Gasteiger charge is 2.18. The Hall–Kier alpha value is -3.62. The highest BCUT2D eigenvalue weighted by molar-refractivity contribution is 5.92. The fourth-order valence-corrected chi connectivity index (χ4v) is 2.77. The van der Waals surface area contributed by atoms with Gasteiger partial charge in [0.2, 0.25) is 5.91 Å². The second-order valence-electron chi connectivity index (χ2n) is 5.69. The maximum Gasteiger partial charge on any atom is 0.332 e. The summed E-state index contributed by atoms with van der Waals surface area (Å²) in [4.78, 5) is 41.9. The molecule has 0 radical (unpaired) electrons. The van der Waals surface area contributed by atoms with E-state index in [2.05, 4.69) is 10.3 Å². The number of carbonyl (C=O) groups excluding carboxylic acids is 1. The number of rotatable bonds is 5. The third kappa shape index (κ3) is 3.26. The Balaban J connectivity index is 2.03. The zero-order valence-corrected chi connectivity index (χ0v) is 15.1. The summed E-state index contributed by atoms with van der Waals surface area (Å²) in [6.07, 6.45) is 1.44. The fourth-order valence-electron chi connectivity index (χ4n) is 2.77. The van der Waals surface area contributed by atoms with Crippen LogP contribution in [0.4, 0.5) is 5.69 Å². The molecule has 2 aromatic heterocycles. The lowest BCUT2D eigenvalue weighted by Gasteiger charge is -2.13. The molecule has 27 heavy (non-hydrogen) atoms. The topological polar surface area (TPSA) is 104 Å². The molecule has 3 aromatic rings. The molecule has 9 heteroatoms. The Bertz CT molecular complexity index is 1130. The minimum atomic E-state index is -0.650. The number of aromatic nitrogens is 3. The summed E-state index contributed by atoms with van der Waals surface area (Å²) < 4.78 is 12.4. The van der Waals surface area contributed by atoms with Crippen molar-refractivity contribution in [3.05, 3.63) is 57.4 Å². The van der Waals surface area contributed by atoms with Gasteiger partial charge in [0.25, 0.3) is 5.56 Å². The van der Waals surface area contributed by atoms with Gasteiger partial charge in [-0.1, -0.05) is 12.1 Å². The molecule has 0 fully saturated rings. The Labute approximate surface area is 153 Å². The van der Waals surface area contributed by atoms with Crippen LogP contribution in [-0.2, 0) is 18.4 Å². The number of hydrogen-bond acceptors (Lipinski definition) is 6. The number of pyridine rings is 1. The molecule has 1 amide bonds. The molecule has 1 N–H and O–H groups in total. The standard InChI is InChI=1S/C18H18N4O5/c1-21-16-15(13(27-3)8-9-19-16)17(24)22(18(21)25)10-14(23)20-11-6-4-5-7-12(11)26-2/h4-9H,10H2,1-3H3,(H,20,23). The van der Waals surface area contributed by atoms with Gasteiger partial charge in [-0.25, -0.2) is 14.3 Å². The van der Waals surface area contributed by atoms with Gasteiger partial charge >= 0.3 is 5.69 Å². The first-order valence-corrected chi connectivity index (χ1v) is 8.03. The van der Waals surface area contributed by atoms with Crippen molar-refractivity contribution in [3.63, 3.8) is 0 Å². The van der Waals surface area contributed by atoms with E-state index in [9.17, 15) is 14.4 Å². The van der Waals surface area contributed by atoms with Crippen molar-refractivity contribution in [1.82, 2.24) is 14.1 Å². The highest BCUT2D eigenvalue weighted by atomic mass is 16.5. The van der Waals surface area contributed by atoms with Crippen molar-refractivity contribution >= 4 is 22.6 Å². The number of anilines is 1. The lowest BCUT2D eigenvalue weighted by Crippen LogP contribution is -2.42. The van der Waals surface area contributed by atoms with Gasteiger partial charge in [-0.05, 0) is 18.2 Å². The van der Waals surface area contributed by atoms with Crippen molar-refractivity contribution in [1.29, 1.82) is 0 Å². The molecule has 0 spiro atoms. The minimum Gasteiger partial charge on any atom is -0.496 e. The monoisotopic (exact) mass is 370 g/mol. The Kier molecular flexibility index (Phi) is 4.93. The molecule has 0 saturated heterocycles. The fraction of sp³-hybridized carbons (Fsp3) is 0.222. The number of aryl methyl sites for hydroxylation is 1. The number of para-hydroxylation sites is 2. The van der Waals surface area contributed by atoms with Crippen LogP contribution in [0.1, 0.15) is 0 Å². The number of carbonyl (C=O) groups is 1. The number of benzene rings is 1. The molecule has 0 unspecified atom stereocenters. The van der Waals surface area contributed by atoms with Crippen LogP contribution in [0.15, 0.2) is 46.1 Å². The number of nitrogens with zero attached hydrogens (tertiary/aromatic N) is 3. The van der Waals surface area contributed by atoms with E-state index < -0.39 is 23.7 Å². The van der Waals surface area contributed by atoms with E-state index in [4.69, 9.17) is 9.47 Å². The Morgan fingerprint density at radius 2 is 1.81 bits per heavy atom. The zero-order chi connectivity index (χ0) is 19.6. The first kappa shape index (κ1) is 18.2. The van der Waals surface area contributed by atoms with Gasteiger partial charge in [-0.15, -0.1) is 0 Å². The molecule has 140 valence electrons. The first-order chi connectivity index (χ1) is 13.0. The molecule has 0 aliphatic carbocycles. The van der Waals surface area contributed by atoms with Crippen LogP contribution in [0.2, 0.25) is 0 Å². The van der Waals surface area contributed by atoms with Crippen molar-refractivity contribution in [3.8, 4) is 11.5 Å². The SMILES string of the molecule is COc1ccccc1NC(=O)Cn1c(=O)c2c(OC)ccnc2n(C)c1=O. The lowest BCUT2D eigenvalue weighted by molar-refractivity contribution is -0.116. The van der Waals surface area contributed by atoms with E-state index in [0.29, 0.717) is 11.4 Å². The van der Waals surface area contributed by atoms with E-state index >= 15 is 0 Å². The van der Waals surface area contributed by atoms with Crippen LogP contribution in [0.25, 0.3) is 11.0 Å². The van der Waals surface area contributed by atoms with E-state index in [-0.39, 0.29) is 16.8 Å². The number of hydrogen-bond donors (Lipinski definition) is 1. The van der Waals surface area contributed by atoms with E-state index in [0.717, 1.165) is 4.57 Å². The van der Waals surface area contributed by atoms with Crippen LogP contribution in [0.3, 0.4) is 0 Å². The first-order valence-electron chi connectivity index (χ1n) is 8.03. The molecule has 2 heterocycles. The van der Waals surface area contributed by atoms with Crippen molar-refractivity contribution in [2.45, 2.75) is 6.54 Å². The maximum atomic E-state index is 12.8. The Morgan fingerprint density at radius 3 is 2.52 bits per heavy atom. The average Bonchev–Trinajstić information content (AvgIpc) is 2.69. The second kappa shape index (κ2) is 7.32. The second-order valence-corrected chi connectivity index (χ2v) is 5.69. The average molecular weight is 370 g/mol. The number of ether oxygens (including phenoxy) is 2. The normalized spacial score (nSPS) is 10.6. The third-order valence-electron chi connectivity index (χ3n) is 4.09. The van der Waals surface area contributed by atoms with Crippen LogP contribution in [0.5, 0.6) is 11.5 Å². The van der Waals surface area contributed by atoms with Gasteiger partial charge in [0, 0.05) is 13.2 Å². The lowest BCUT2D eigenvalue weighted by atomic mass is 10.3. The summed E-state index contributed by atoms with van der Waals surface area (Å²) in [6, 6.07) is 8.36. The molecule has 0 aliphatic rings. The zero-order valence-electron chi connectivity index (χ0n) is 15.1. The van der Waals surface area contributed by atoms with Gasteiger partial charge in [-0.3, -0.25) is 14.2 Å². The summed E-state index contributed by atoms with van der Waals surface area (Å²) >= 11 is 0. The van der Waals surface area contributed by atoms with Crippen LogP contribution in [0, 0.1) is 0 Å². The summed E-state index contributed by atoms with van der Waals surface area (Å²) in [5.74, 6) is 0.205. The van der Waals surface area contributed by atoms with Gasteiger partial charge in [0.15, 0.2) is 5.65 Å². The number of methoxy groups -OCH3 is 2. The molecule has 3 rings (SSSR count). The van der Waals surface area contributed by atoms with Crippen LogP contribution >= 0.6 is 0 Å². The van der Waals surface area contributed by atoms with Gasteiger partial charge < -0.3 is 14.8 Å². The summed E-state index contributed by atoms with van der Waals surface area (Å²) in [7, 11) is 4.37. The van der Waals surface area contributed by atoms with E-state index in [1.807, 2.05) is 0 Å². The van der Waals surface area contributed by atoms with Crippen LogP contribution < -0.4 is 26.0 Å². The molecule has 0 bridgehead atoms. The third-order valence-corrected chi connectivity index (χ3v) is 4.09. The Morgan fingerprint density at radius 1 is 1.11 bits per heavy atom. The quantitative estimate of drug-likeness (QED) is 0.711. The number of fused-ring (bicyclic) bond motifs is 1. The largest absolute Gasteiger partial charge is 0.496 e. The summed E-state index contributed by atoms with van der Waals surface area (Å²) in [5.41, 5.74) is -0.669. The molecule has 0 atom stereocenters. The van der Waals surface area contributed by atoms with Crippen molar-refractivity contribution in [2.24, 2.45) is 7.05 Å². The molecule has 0 saturated carbocycles. The molecule has 0 aliphatic heterocycles. The predicted octanol–water partition coefficient (Wildman–Crippen LogP) is 0.751. The molecule has 1 aromatic carbocycles. The predicted molar refractivity (Wildman–Crippen MR) is 99.4 cm³/mol. The molecule has 9 nitrogen and oxygen atoms in total. The van der Waals surface area contributed by atoms with E-state index in [1.54, 1.807) is 24.3 Å². The summed E-state index contributed by atoms with van der Waals surface area (Å²) in [6.45, 7) is -0.461. The van der Waals surface area contributed by atoms with E-state index in [1.165, 1.54) is 38.1 Å². The van der Waals surface area contributed by atoms with Crippen LogP contribution in [-0.4, -0.2) is 34.2 Å². The summed E-state index contributed by atoms with van der Waals surface area (Å²) in [5, 5.41) is 2.77. The number of nitrogens with one attached hydrogen (secondary N) is 1. The highest BCUT2D eigenvalue weighted by Crippen LogP contribution is 2.23. The smallest absolute Gasteiger partial charge is 0.332 e. The van der Waals surface area contributed by atoms with Gasteiger partial charge in [0.05, 0.1) is 19.9 Å². The van der Waals surface area contributed by atoms with Crippen molar-refractivity contribution in [2.75, 3.05) is 19.5 Å². The van der Waals surface area contributed by atoms with Gasteiger partial charge in [0.1, 0.15) is 23.4 Å². The van der Waals surface area contributed by atoms with Gasteiger partial charge in [-0.2, -0.15) is 0 Å². The van der Waals surface area contributed by atoms with Crippen molar-refractivity contribution < 1.29 is 14.3 Å². The molecular formula is C18H18N4O5. The minimum absolute atomic E-state index is 0.132.